The zero-order chi connectivity index (χ0) is 35.2. The molecule has 4 aromatic carbocycles. The van der Waals surface area contributed by atoms with Crippen LogP contribution in [0.1, 0.15) is 84.3 Å². The van der Waals surface area contributed by atoms with Crippen LogP contribution < -0.4 is 4.74 Å². The van der Waals surface area contributed by atoms with E-state index in [0.717, 1.165) is 63.8 Å². The number of hydrogen-bond acceptors (Lipinski definition) is 3. The number of ether oxygens (including phenoxy) is 1. The second-order valence-electron chi connectivity index (χ2n) is 15.2. The Kier molecular flexibility index (Phi) is 10.1. The van der Waals surface area contributed by atoms with Crippen LogP contribution in [-0.4, -0.2) is 19.3 Å². The Labute approximate surface area is 316 Å². The molecule has 7 aromatic rings. The number of hydrogen-bond donors (Lipinski definition) is 0. The van der Waals surface area contributed by atoms with Crippen molar-refractivity contribution >= 4 is 21.8 Å². The van der Waals surface area contributed by atoms with Crippen molar-refractivity contribution in [3.8, 4) is 34.1 Å². The topological polar surface area (TPSA) is 44.9 Å². The van der Waals surface area contributed by atoms with Gasteiger partial charge in [-0.1, -0.05) is 116 Å². The van der Waals surface area contributed by atoms with Crippen molar-refractivity contribution in [2.75, 3.05) is 0 Å². The van der Waals surface area contributed by atoms with Gasteiger partial charge in [-0.15, -0.1) is 41.3 Å². The summed E-state index contributed by atoms with van der Waals surface area (Å²) in [5.74, 6) is 2.12. The average molecular weight is 765 g/mol. The van der Waals surface area contributed by atoms with Crippen LogP contribution in [0.3, 0.4) is 0 Å². The van der Waals surface area contributed by atoms with Crippen molar-refractivity contribution < 1.29 is 25.2 Å². The maximum absolute atomic E-state index is 6.72. The van der Waals surface area contributed by atoms with Crippen molar-refractivity contribution in [2.45, 2.75) is 85.5 Å². The summed E-state index contributed by atoms with van der Waals surface area (Å²) in [5.41, 5.74) is 9.61. The number of benzene rings is 4. The summed E-state index contributed by atoms with van der Waals surface area (Å²) in [4.78, 5) is 4.79. The largest absolute Gasteiger partial charge is 2.00 e. The summed E-state index contributed by atoms with van der Waals surface area (Å²) in [7, 11) is 0. The van der Waals surface area contributed by atoms with Gasteiger partial charge in [0.15, 0.2) is 0 Å². The molecule has 0 fully saturated rings. The summed E-state index contributed by atoms with van der Waals surface area (Å²) >= 11 is 0. The van der Waals surface area contributed by atoms with Crippen molar-refractivity contribution in [3.05, 3.63) is 132 Å². The zero-order valence-electron chi connectivity index (χ0n) is 30.9. The monoisotopic (exact) mass is 764 g/mol. The molecule has 7 rings (SSSR count). The first-order chi connectivity index (χ1) is 24.0. The zero-order valence-corrected chi connectivity index (χ0v) is 32.4. The number of nitrogens with zero attached hydrogens (tertiary/aromatic N) is 4. The predicted octanol–water partition coefficient (Wildman–Crippen LogP) is 11.5. The number of fused-ring (bicyclic) bond motifs is 3. The summed E-state index contributed by atoms with van der Waals surface area (Å²) in [5, 5.41) is 7.58. The van der Waals surface area contributed by atoms with Gasteiger partial charge < -0.3 is 9.30 Å². The molecule has 3 aromatic heterocycles. The van der Waals surface area contributed by atoms with E-state index in [1.807, 2.05) is 12.3 Å². The average Bonchev–Trinajstić information content (AvgIpc) is 3.65. The molecule has 262 valence electrons. The second kappa shape index (κ2) is 14.3. The quantitative estimate of drug-likeness (QED) is 0.114. The molecule has 3 heterocycles. The third-order valence-electron chi connectivity index (χ3n) is 9.37. The minimum Gasteiger partial charge on any atom is -0.509 e. The Morgan fingerprint density at radius 2 is 1.49 bits per heavy atom. The van der Waals surface area contributed by atoms with Gasteiger partial charge in [0, 0.05) is 34.2 Å². The third kappa shape index (κ3) is 7.05. The molecule has 0 radical (unpaired) electrons. The van der Waals surface area contributed by atoms with E-state index in [1.165, 1.54) is 22.4 Å². The first-order valence-electron chi connectivity index (χ1n) is 17.8. The molecule has 0 aliphatic heterocycles. The maximum Gasteiger partial charge on any atom is 2.00 e. The van der Waals surface area contributed by atoms with Gasteiger partial charge in [-0.05, 0) is 58.7 Å². The Morgan fingerprint density at radius 1 is 0.745 bits per heavy atom. The van der Waals surface area contributed by atoms with Crippen LogP contribution in [0.15, 0.2) is 97.2 Å². The molecule has 0 spiro atoms. The minimum atomic E-state index is -0.188. The van der Waals surface area contributed by atoms with E-state index in [4.69, 9.17) is 14.8 Å². The molecule has 0 saturated heterocycles. The summed E-state index contributed by atoms with van der Waals surface area (Å²) in [6, 6.07) is 39.1. The Hall–Kier alpha value is -4.50. The molecule has 51 heavy (non-hydrogen) atoms. The fourth-order valence-electron chi connectivity index (χ4n) is 6.87. The van der Waals surface area contributed by atoms with Crippen LogP contribution in [0.2, 0.25) is 0 Å². The number of aromatic nitrogens is 4. The smallest absolute Gasteiger partial charge is 0.509 e. The molecular weight excluding hydrogens is 719 g/mol. The van der Waals surface area contributed by atoms with Gasteiger partial charge in [-0.25, -0.2) is 4.98 Å². The van der Waals surface area contributed by atoms with Gasteiger partial charge in [0.25, 0.3) is 0 Å². The molecule has 0 aliphatic carbocycles. The van der Waals surface area contributed by atoms with Crippen LogP contribution in [0.4, 0.5) is 0 Å². The molecule has 0 N–H and O–H groups in total. The molecule has 0 unspecified atom stereocenters. The van der Waals surface area contributed by atoms with Gasteiger partial charge in [0.1, 0.15) is 5.82 Å². The number of pyridine rings is 1. The molecule has 5 nitrogen and oxygen atoms in total. The van der Waals surface area contributed by atoms with E-state index in [1.54, 1.807) is 0 Å². The van der Waals surface area contributed by atoms with Gasteiger partial charge in [0.05, 0.1) is 11.4 Å². The third-order valence-corrected chi connectivity index (χ3v) is 9.37. The van der Waals surface area contributed by atoms with E-state index in [9.17, 15) is 0 Å². The van der Waals surface area contributed by atoms with Crippen molar-refractivity contribution in [3.63, 3.8) is 0 Å². The molecule has 0 aliphatic rings. The first kappa shape index (κ1) is 36.3. The predicted molar refractivity (Wildman–Crippen MR) is 206 cm³/mol. The van der Waals surface area contributed by atoms with Crippen LogP contribution >= 0.6 is 0 Å². The molecule has 6 heteroatoms. The van der Waals surface area contributed by atoms with Gasteiger partial charge >= 0.3 is 20.4 Å². The van der Waals surface area contributed by atoms with Gasteiger partial charge in [-0.2, -0.15) is 11.2 Å². The fraction of sp³-hybridized carbons (Fsp3) is 0.289. The van der Waals surface area contributed by atoms with Crippen LogP contribution in [0, 0.1) is 12.1 Å². The fourth-order valence-corrected chi connectivity index (χ4v) is 6.87. The van der Waals surface area contributed by atoms with Crippen LogP contribution in [-0.2, 0) is 44.1 Å². The normalized spacial score (nSPS) is 12.0. The second-order valence-corrected chi connectivity index (χ2v) is 15.2. The first-order valence-corrected chi connectivity index (χ1v) is 17.8. The molecule has 0 amide bonds. The Balaban J connectivity index is 0.00000448. The van der Waals surface area contributed by atoms with Crippen LogP contribution in [0.5, 0.6) is 11.5 Å². The molecule has 0 saturated carbocycles. The molecular formula is C45H46N4OPd. The summed E-state index contributed by atoms with van der Waals surface area (Å²) < 4.78 is 11.0. The van der Waals surface area contributed by atoms with E-state index in [-0.39, 0.29) is 31.3 Å². The Bertz CT molecular complexity index is 2320. The number of rotatable bonds is 8. The number of para-hydroxylation sites is 1. The standard InChI is InChI=1S/C45H46N4O.Pd/c1-9-16-38-42(31-17-12-11-13-18-31)43(45(6,7)8)49(47-38)33-26-32(44(3,4)5)27-35(28-33)50-34-21-22-37-36-19-14-15-20-39(36)48(40(37)29-34)41-25-30(10-2)23-24-46-41;/h11-15,17-27H,9-10,16H2,1-8H3;/q-2;+2. The summed E-state index contributed by atoms with van der Waals surface area (Å²) in [6.45, 7) is 17.9. The van der Waals surface area contributed by atoms with E-state index >= 15 is 0 Å². The molecule has 0 atom stereocenters. The maximum atomic E-state index is 6.72. The van der Waals surface area contributed by atoms with E-state index in [2.05, 4.69) is 162 Å². The van der Waals surface area contributed by atoms with Crippen LogP contribution in [0.25, 0.3) is 44.4 Å². The van der Waals surface area contributed by atoms with Crippen molar-refractivity contribution in [1.29, 1.82) is 0 Å². The van der Waals surface area contributed by atoms with Gasteiger partial charge in [-0.3, -0.25) is 4.68 Å². The van der Waals surface area contributed by atoms with E-state index < -0.39 is 0 Å². The van der Waals surface area contributed by atoms with Gasteiger partial charge in [0.2, 0.25) is 0 Å². The number of aryl methyl sites for hydroxylation is 2. The summed E-state index contributed by atoms with van der Waals surface area (Å²) in [6.07, 6.45) is 4.72. The SMILES string of the molecule is CCCc1nn(-c2[c-]c(Oc3[c-]c4c(cc3)c3ccccc3n4-c3cc(CC)ccn3)cc(C(C)(C)C)c2)c(C(C)(C)C)c1-c1ccccc1.[Pd+2]. The Morgan fingerprint density at radius 3 is 2.20 bits per heavy atom. The van der Waals surface area contributed by atoms with Crippen molar-refractivity contribution in [1.82, 2.24) is 19.3 Å². The molecule has 0 bridgehead atoms. The van der Waals surface area contributed by atoms with Crippen molar-refractivity contribution in [2.24, 2.45) is 0 Å². The van der Waals surface area contributed by atoms with E-state index in [0.29, 0.717) is 11.5 Å². The minimum absolute atomic E-state index is 0.